The van der Waals surface area contributed by atoms with E-state index in [1.54, 1.807) is 6.92 Å². The van der Waals surface area contributed by atoms with Crippen molar-refractivity contribution in [1.29, 1.82) is 0 Å². The van der Waals surface area contributed by atoms with Gasteiger partial charge in [0.05, 0.1) is 6.04 Å². The van der Waals surface area contributed by atoms with Crippen molar-refractivity contribution in [3.63, 3.8) is 0 Å². The molecule has 2 unspecified atom stereocenters. The summed E-state index contributed by atoms with van der Waals surface area (Å²) in [5.74, 6) is 0.333. The van der Waals surface area contributed by atoms with Gasteiger partial charge in [-0.15, -0.1) is 12.4 Å². The Labute approximate surface area is 159 Å². The zero-order chi connectivity index (χ0) is 18.2. The molecule has 0 aromatic heterocycles. The third-order valence-corrected chi connectivity index (χ3v) is 4.04. The number of benzene rings is 1. The first kappa shape index (κ1) is 22.1. The maximum absolute atomic E-state index is 12.1. The van der Waals surface area contributed by atoms with Gasteiger partial charge in [-0.25, -0.2) is 0 Å². The van der Waals surface area contributed by atoms with Gasteiger partial charge in [0.1, 0.15) is 19.3 Å². The quantitative estimate of drug-likeness (QED) is 0.598. The largest absolute Gasteiger partial charge is 0.486 e. The molecule has 0 aliphatic carbocycles. The summed E-state index contributed by atoms with van der Waals surface area (Å²) in [6.45, 7) is 5.15. The lowest BCUT2D eigenvalue weighted by Crippen LogP contribution is -2.49. The molecule has 0 radical (unpaired) electrons. The zero-order valence-electron chi connectivity index (χ0n) is 15.1. The van der Waals surface area contributed by atoms with E-state index in [1.165, 1.54) is 0 Å². The number of carbonyl (C=O) groups excluding carboxylic acids is 1. The van der Waals surface area contributed by atoms with Crippen LogP contribution in [0.5, 0.6) is 11.5 Å². The molecule has 1 heterocycles. The third-order valence-electron chi connectivity index (χ3n) is 4.04. The minimum Gasteiger partial charge on any atom is -0.486 e. The number of aliphatic carboxylic acids is 1. The Morgan fingerprint density at radius 1 is 1.23 bits per heavy atom. The van der Waals surface area contributed by atoms with Crippen molar-refractivity contribution in [3.05, 3.63) is 23.8 Å². The van der Waals surface area contributed by atoms with E-state index in [4.69, 9.17) is 14.6 Å². The molecule has 1 aromatic rings. The summed E-state index contributed by atoms with van der Waals surface area (Å²) < 4.78 is 11.0. The molecule has 1 aliphatic rings. The number of rotatable bonds is 9. The third kappa shape index (κ3) is 6.38. The van der Waals surface area contributed by atoms with Crippen molar-refractivity contribution in [2.45, 2.75) is 45.2 Å². The maximum Gasteiger partial charge on any atom is 0.320 e. The molecule has 1 aliphatic heterocycles. The van der Waals surface area contributed by atoms with Gasteiger partial charge in [0.2, 0.25) is 5.91 Å². The fraction of sp³-hybridized carbons (Fsp3) is 0.556. The first-order valence-corrected chi connectivity index (χ1v) is 8.66. The molecule has 0 spiro atoms. The molecule has 26 heavy (non-hydrogen) atoms. The number of carbonyl (C=O) groups is 2. The van der Waals surface area contributed by atoms with E-state index in [1.807, 2.05) is 25.1 Å². The van der Waals surface area contributed by atoms with E-state index >= 15 is 0 Å². The number of hydrogen-bond donors (Lipinski definition) is 3. The second-order valence-corrected chi connectivity index (χ2v) is 6.09. The average Bonchev–Trinajstić information content (AvgIpc) is 2.60. The number of fused-ring (bicyclic) bond motifs is 1. The molecule has 2 atom stereocenters. The van der Waals surface area contributed by atoms with Crippen LogP contribution in [0.15, 0.2) is 18.2 Å². The van der Waals surface area contributed by atoms with Crippen LogP contribution in [0.25, 0.3) is 0 Å². The molecule has 2 rings (SSSR count). The van der Waals surface area contributed by atoms with Crippen LogP contribution >= 0.6 is 12.4 Å². The van der Waals surface area contributed by atoms with Crippen LogP contribution < -0.4 is 20.1 Å². The van der Waals surface area contributed by atoms with Gasteiger partial charge in [0.15, 0.2) is 11.5 Å². The highest BCUT2D eigenvalue weighted by Crippen LogP contribution is 2.30. The van der Waals surface area contributed by atoms with Gasteiger partial charge in [0.25, 0.3) is 0 Å². The fourth-order valence-corrected chi connectivity index (χ4v) is 2.67. The van der Waals surface area contributed by atoms with Crippen LogP contribution in [0.1, 0.15) is 32.3 Å². The Morgan fingerprint density at radius 3 is 2.58 bits per heavy atom. The van der Waals surface area contributed by atoms with Crippen molar-refractivity contribution in [3.8, 4) is 11.5 Å². The Morgan fingerprint density at radius 2 is 1.92 bits per heavy atom. The Bertz CT molecular complexity index is 611. The van der Waals surface area contributed by atoms with Crippen molar-refractivity contribution in [2.24, 2.45) is 0 Å². The monoisotopic (exact) mass is 386 g/mol. The van der Waals surface area contributed by atoms with Crippen molar-refractivity contribution in [1.82, 2.24) is 10.6 Å². The number of halogens is 1. The van der Waals surface area contributed by atoms with Crippen LogP contribution in [-0.2, 0) is 16.0 Å². The van der Waals surface area contributed by atoms with Crippen LogP contribution in [0.3, 0.4) is 0 Å². The van der Waals surface area contributed by atoms with Crippen molar-refractivity contribution < 1.29 is 24.2 Å². The highest BCUT2D eigenvalue weighted by atomic mass is 35.5. The minimum absolute atomic E-state index is 0. The van der Waals surface area contributed by atoms with Crippen LogP contribution in [0.2, 0.25) is 0 Å². The van der Waals surface area contributed by atoms with Crippen LogP contribution in [-0.4, -0.2) is 48.8 Å². The molecular formula is C18H27ClN2O5. The normalized spacial score (nSPS) is 14.7. The number of hydrogen-bond acceptors (Lipinski definition) is 5. The van der Waals surface area contributed by atoms with Gasteiger partial charge in [-0.3, -0.25) is 14.9 Å². The minimum atomic E-state index is -0.933. The predicted octanol–water partition coefficient (Wildman–Crippen LogP) is 1.77. The van der Waals surface area contributed by atoms with Gasteiger partial charge in [-0.2, -0.15) is 0 Å². The van der Waals surface area contributed by atoms with Crippen LogP contribution in [0, 0.1) is 0 Å². The molecule has 0 saturated carbocycles. The smallest absolute Gasteiger partial charge is 0.320 e. The maximum atomic E-state index is 12.1. The average molecular weight is 387 g/mol. The molecule has 0 saturated heterocycles. The van der Waals surface area contributed by atoms with E-state index in [-0.39, 0.29) is 18.3 Å². The first-order chi connectivity index (χ1) is 12.0. The summed E-state index contributed by atoms with van der Waals surface area (Å²) in [5.41, 5.74) is 1.04. The number of nitrogens with one attached hydrogen (secondary N) is 2. The number of amides is 1. The van der Waals surface area contributed by atoms with Crippen LogP contribution in [0.4, 0.5) is 0 Å². The number of carboxylic acid groups (broad SMARTS) is 1. The molecule has 1 amide bonds. The highest BCUT2D eigenvalue weighted by molar-refractivity contribution is 5.85. The van der Waals surface area contributed by atoms with Crippen molar-refractivity contribution in [2.75, 3.05) is 19.8 Å². The molecule has 0 fully saturated rings. The molecular weight excluding hydrogens is 360 g/mol. The summed E-state index contributed by atoms with van der Waals surface area (Å²) in [4.78, 5) is 23.3. The highest BCUT2D eigenvalue weighted by Gasteiger charge is 2.22. The molecule has 7 nitrogen and oxygen atoms in total. The summed E-state index contributed by atoms with van der Waals surface area (Å²) in [7, 11) is 0. The first-order valence-electron chi connectivity index (χ1n) is 8.66. The van der Waals surface area contributed by atoms with E-state index in [9.17, 15) is 9.59 Å². The van der Waals surface area contributed by atoms with Gasteiger partial charge in [0, 0.05) is 6.54 Å². The lowest BCUT2D eigenvalue weighted by atomic mass is 10.1. The van der Waals surface area contributed by atoms with Gasteiger partial charge < -0.3 is 19.9 Å². The van der Waals surface area contributed by atoms with E-state index < -0.39 is 18.1 Å². The van der Waals surface area contributed by atoms with Crippen molar-refractivity contribution >= 4 is 24.3 Å². The summed E-state index contributed by atoms with van der Waals surface area (Å²) >= 11 is 0. The number of carboxylic acids is 1. The molecule has 3 N–H and O–H groups in total. The molecule has 8 heteroatoms. The number of ether oxygens (including phenoxy) is 2. The van der Waals surface area contributed by atoms with E-state index in [2.05, 4.69) is 10.6 Å². The molecule has 146 valence electrons. The second kappa shape index (κ2) is 10.9. The summed E-state index contributed by atoms with van der Waals surface area (Å²) in [6.07, 6.45) is 1.89. The fourth-order valence-electron chi connectivity index (χ4n) is 2.67. The Hall–Kier alpha value is -1.99. The van der Waals surface area contributed by atoms with E-state index in [0.29, 0.717) is 32.6 Å². The molecule has 1 aromatic carbocycles. The lowest BCUT2D eigenvalue weighted by Gasteiger charge is -2.20. The summed E-state index contributed by atoms with van der Waals surface area (Å²) in [6, 6.07) is 4.47. The topological polar surface area (TPSA) is 96.9 Å². The Balaban J connectivity index is 0.00000338. The SMILES string of the molecule is CCCC(NC(C)C(=O)NCCc1ccc2c(c1)OCCO2)C(=O)O.Cl. The predicted molar refractivity (Wildman–Crippen MR) is 100 cm³/mol. The van der Waals surface area contributed by atoms with E-state index in [0.717, 1.165) is 23.5 Å². The van der Waals surface area contributed by atoms with Gasteiger partial charge >= 0.3 is 5.97 Å². The van der Waals surface area contributed by atoms with Gasteiger partial charge in [-0.05, 0) is 37.5 Å². The molecule has 0 bridgehead atoms. The zero-order valence-corrected chi connectivity index (χ0v) is 15.9. The standard InChI is InChI=1S/C18H26N2O5.ClH/c1-3-4-14(18(22)23)20-12(2)17(21)19-8-7-13-5-6-15-16(11-13)25-10-9-24-15;/h5-6,11-12,14,20H,3-4,7-10H2,1-2H3,(H,19,21)(H,22,23);1H. The lowest BCUT2D eigenvalue weighted by molar-refractivity contribution is -0.140. The summed E-state index contributed by atoms with van der Waals surface area (Å²) in [5, 5.41) is 14.8. The second-order valence-electron chi connectivity index (χ2n) is 6.09. The van der Waals surface area contributed by atoms with Gasteiger partial charge in [-0.1, -0.05) is 19.4 Å². The Kier molecular flexibility index (Phi) is 9.23.